The average molecular weight is 366 g/mol. The lowest BCUT2D eigenvalue weighted by atomic mass is 10.3. The third-order valence-corrected chi connectivity index (χ3v) is 4.96. The second kappa shape index (κ2) is 7.09. The van der Waals surface area contributed by atoms with Crippen molar-refractivity contribution in [1.29, 1.82) is 0 Å². The van der Waals surface area contributed by atoms with Gasteiger partial charge in [0.15, 0.2) is 0 Å². The Kier molecular flexibility index (Phi) is 4.30. The quantitative estimate of drug-likeness (QED) is 0.716. The first kappa shape index (κ1) is 16.4. The molecule has 3 aromatic rings. The monoisotopic (exact) mass is 366 g/mol. The van der Waals surface area contributed by atoms with Crippen molar-refractivity contribution in [2.45, 2.75) is 0 Å². The van der Waals surface area contributed by atoms with Crippen molar-refractivity contribution < 1.29 is 4.74 Å². The van der Waals surface area contributed by atoms with E-state index < -0.39 is 0 Å². The summed E-state index contributed by atoms with van der Waals surface area (Å²) in [5.41, 5.74) is 1.91. The maximum Gasteiger partial charge on any atom is 0.242 e. The number of para-hydroxylation sites is 2. The van der Waals surface area contributed by atoms with Gasteiger partial charge in [-0.2, -0.15) is 15.0 Å². The fourth-order valence-electron chi connectivity index (χ4n) is 3.48. The normalized spacial score (nSPS) is 18.2. The topological polar surface area (TPSA) is 84.2 Å². The molecule has 2 aliphatic heterocycles. The van der Waals surface area contributed by atoms with E-state index in [1.54, 1.807) is 6.33 Å². The lowest BCUT2D eigenvalue weighted by Crippen LogP contribution is -2.45. The van der Waals surface area contributed by atoms with E-state index in [0.29, 0.717) is 25.1 Å². The highest BCUT2D eigenvalue weighted by atomic mass is 16.5. The predicted molar refractivity (Wildman–Crippen MR) is 103 cm³/mol. The first-order chi connectivity index (χ1) is 13.4. The van der Waals surface area contributed by atoms with Crippen LogP contribution in [0, 0.1) is 0 Å². The van der Waals surface area contributed by atoms with Crippen molar-refractivity contribution >= 4 is 22.9 Å². The Balaban J connectivity index is 1.60. The second-order valence-electron chi connectivity index (χ2n) is 6.68. The molecule has 9 heteroatoms. The number of nitrogens with one attached hydrogen (secondary N) is 1. The van der Waals surface area contributed by atoms with Gasteiger partial charge in [0.1, 0.15) is 6.33 Å². The summed E-state index contributed by atoms with van der Waals surface area (Å²) in [6.45, 7) is 6.59. The molecule has 0 unspecified atom stereocenters. The molecular formula is C18H22N8O. The number of nitrogens with zero attached hydrogens (tertiary/aromatic N) is 7. The van der Waals surface area contributed by atoms with Gasteiger partial charge in [-0.15, -0.1) is 0 Å². The molecular weight excluding hydrogens is 344 g/mol. The van der Waals surface area contributed by atoms with Crippen LogP contribution in [0.5, 0.6) is 0 Å². The molecule has 9 nitrogen and oxygen atoms in total. The number of rotatable bonds is 3. The van der Waals surface area contributed by atoms with Gasteiger partial charge in [0, 0.05) is 39.3 Å². The zero-order valence-corrected chi connectivity index (χ0v) is 15.1. The largest absolute Gasteiger partial charge is 0.378 e. The minimum atomic E-state index is 0.605. The predicted octanol–water partition coefficient (Wildman–Crippen LogP) is 0.457. The van der Waals surface area contributed by atoms with Crippen molar-refractivity contribution in [2.75, 3.05) is 62.3 Å². The molecule has 0 spiro atoms. The van der Waals surface area contributed by atoms with Crippen molar-refractivity contribution in [3.05, 3.63) is 30.6 Å². The van der Waals surface area contributed by atoms with E-state index in [1.165, 1.54) is 0 Å². The summed E-state index contributed by atoms with van der Waals surface area (Å²) in [5, 5.41) is 3.37. The van der Waals surface area contributed by atoms with E-state index in [9.17, 15) is 0 Å². The molecule has 0 atom stereocenters. The summed E-state index contributed by atoms with van der Waals surface area (Å²) in [6, 6.07) is 8.01. The zero-order valence-electron chi connectivity index (χ0n) is 15.1. The Bertz CT molecular complexity index is 894. The van der Waals surface area contributed by atoms with Gasteiger partial charge in [-0.25, -0.2) is 4.98 Å². The Labute approximate surface area is 157 Å². The number of hydrogen-bond donors (Lipinski definition) is 1. The molecule has 0 saturated carbocycles. The van der Waals surface area contributed by atoms with Crippen LogP contribution in [0.4, 0.5) is 11.9 Å². The van der Waals surface area contributed by atoms with Crippen LogP contribution in [0.25, 0.3) is 17.0 Å². The van der Waals surface area contributed by atoms with E-state index >= 15 is 0 Å². The number of aromatic nitrogens is 5. The molecule has 5 rings (SSSR count). The van der Waals surface area contributed by atoms with E-state index in [2.05, 4.69) is 20.1 Å². The maximum absolute atomic E-state index is 5.48. The number of anilines is 2. The minimum absolute atomic E-state index is 0.605. The van der Waals surface area contributed by atoms with E-state index in [0.717, 1.165) is 56.3 Å². The Morgan fingerprint density at radius 3 is 2.26 bits per heavy atom. The lowest BCUT2D eigenvalue weighted by molar-refractivity contribution is 0.122. The highest BCUT2D eigenvalue weighted by Gasteiger charge is 2.21. The number of ether oxygens (including phenoxy) is 1. The van der Waals surface area contributed by atoms with Crippen LogP contribution < -0.4 is 15.1 Å². The smallest absolute Gasteiger partial charge is 0.242 e. The van der Waals surface area contributed by atoms with Gasteiger partial charge < -0.3 is 19.9 Å². The molecule has 0 radical (unpaired) electrons. The van der Waals surface area contributed by atoms with Gasteiger partial charge in [-0.3, -0.25) is 4.57 Å². The fourth-order valence-corrected chi connectivity index (χ4v) is 3.48. The molecule has 2 aliphatic rings. The number of benzene rings is 1. The molecule has 4 heterocycles. The highest BCUT2D eigenvalue weighted by molar-refractivity contribution is 5.76. The Hall–Kier alpha value is -2.78. The lowest BCUT2D eigenvalue weighted by Gasteiger charge is -2.30. The van der Waals surface area contributed by atoms with Crippen LogP contribution >= 0.6 is 0 Å². The van der Waals surface area contributed by atoms with Crippen molar-refractivity contribution in [3.8, 4) is 5.95 Å². The van der Waals surface area contributed by atoms with Gasteiger partial charge in [0.25, 0.3) is 0 Å². The van der Waals surface area contributed by atoms with Crippen molar-refractivity contribution in [3.63, 3.8) is 0 Å². The zero-order chi connectivity index (χ0) is 18.1. The van der Waals surface area contributed by atoms with E-state index in [-0.39, 0.29) is 0 Å². The first-order valence-electron chi connectivity index (χ1n) is 9.35. The van der Waals surface area contributed by atoms with Crippen LogP contribution in [0.2, 0.25) is 0 Å². The summed E-state index contributed by atoms with van der Waals surface area (Å²) in [6.07, 6.45) is 1.78. The van der Waals surface area contributed by atoms with Crippen LogP contribution in [-0.4, -0.2) is 77.0 Å². The molecule has 0 aliphatic carbocycles. The molecule has 2 fully saturated rings. The first-order valence-corrected chi connectivity index (χ1v) is 9.35. The van der Waals surface area contributed by atoms with Crippen LogP contribution in [0.3, 0.4) is 0 Å². The number of fused-ring (bicyclic) bond motifs is 1. The van der Waals surface area contributed by atoms with Gasteiger partial charge >= 0.3 is 0 Å². The van der Waals surface area contributed by atoms with Crippen molar-refractivity contribution in [2.24, 2.45) is 0 Å². The van der Waals surface area contributed by atoms with Gasteiger partial charge in [-0.05, 0) is 12.1 Å². The Morgan fingerprint density at radius 2 is 1.48 bits per heavy atom. The average Bonchev–Trinajstić information content (AvgIpc) is 3.19. The SMILES string of the molecule is c1ccc2c(c1)ncn2-c1nc(N2CCNCC2)nc(N2CCOCC2)n1. The van der Waals surface area contributed by atoms with Gasteiger partial charge in [-0.1, -0.05) is 12.1 Å². The third-order valence-electron chi connectivity index (χ3n) is 4.96. The molecule has 1 aromatic carbocycles. The molecule has 2 aromatic heterocycles. The number of piperazine rings is 1. The minimum Gasteiger partial charge on any atom is -0.378 e. The van der Waals surface area contributed by atoms with Gasteiger partial charge in [0.05, 0.1) is 24.2 Å². The molecule has 0 amide bonds. The summed E-state index contributed by atoms with van der Waals surface area (Å²) in [7, 11) is 0. The molecule has 27 heavy (non-hydrogen) atoms. The third kappa shape index (κ3) is 3.19. The summed E-state index contributed by atoms with van der Waals surface area (Å²) in [5.74, 6) is 2.03. The summed E-state index contributed by atoms with van der Waals surface area (Å²) in [4.78, 5) is 23.2. The highest BCUT2D eigenvalue weighted by Crippen LogP contribution is 2.21. The summed E-state index contributed by atoms with van der Waals surface area (Å²) >= 11 is 0. The number of morpholine rings is 1. The van der Waals surface area contributed by atoms with Crippen molar-refractivity contribution in [1.82, 2.24) is 29.8 Å². The molecule has 1 N–H and O–H groups in total. The maximum atomic E-state index is 5.48. The fraction of sp³-hybridized carbons (Fsp3) is 0.444. The Morgan fingerprint density at radius 1 is 0.815 bits per heavy atom. The standard InChI is InChI=1S/C18H22N8O/c1-2-4-15-14(3-1)20-13-26(15)18-22-16(24-7-5-19-6-8-24)21-17(23-18)25-9-11-27-12-10-25/h1-4,13,19H,5-12H2. The second-order valence-corrected chi connectivity index (χ2v) is 6.68. The van der Waals surface area contributed by atoms with E-state index in [1.807, 2.05) is 28.8 Å². The van der Waals surface area contributed by atoms with Crippen LogP contribution in [0.15, 0.2) is 30.6 Å². The number of hydrogen-bond acceptors (Lipinski definition) is 8. The van der Waals surface area contributed by atoms with Gasteiger partial charge in [0.2, 0.25) is 17.8 Å². The molecule has 140 valence electrons. The number of imidazole rings is 1. The molecule has 2 saturated heterocycles. The van der Waals surface area contributed by atoms with E-state index in [4.69, 9.17) is 19.7 Å². The van der Waals surface area contributed by atoms with Crippen LogP contribution in [0.1, 0.15) is 0 Å². The summed E-state index contributed by atoms with van der Waals surface area (Å²) < 4.78 is 7.42. The molecule has 0 bridgehead atoms. The van der Waals surface area contributed by atoms with Crippen LogP contribution in [-0.2, 0) is 4.74 Å².